The summed E-state index contributed by atoms with van der Waals surface area (Å²) >= 11 is 0. The molecule has 1 heterocycles. The Bertz CT molecular complexity index is 217. The molecule has 0 fully saturated rings. The predicted octanol–water partition coefficient (Wildman–Crippen LogP) is 1.99. The van der Waals surface area contributed by atoms with Crippen molar-refractivity contribution >= 4 is 0 Å². The normalized spacial score (nSPS) is 10.5. The average Bonchev–Trinajstić information content (AvgIpc) is 2.53. The van der Waals surface area contributed by atoms with Crippen LogP contribution in [-0.4, -0.2) is 13.1 Å². The molecule has 68 valence electrons. The van der Waals surface area contributed by atoms with E-state index in [2.05, 4.69) is 31.3 Å². The Morgan fingerprint density at radius 2 is 2.00 bits per heavy atom. The third-order valence-corrected chi connectivity index (χ3v) is 1.86. The van der Waals surface area contributed by atoms with Crippen molar-refractivity contribution in [2.24, 2.45) is 0 Å². The summed E-state index contributed by atoms with van der Waals surface area (Å²) < 4.78 is 5.54. The van der Waals surface area contributed by atoms with Gasteiger partial charge in [0.1, 0.15) is 11.5 Å². The van der Waals surface area contributed by atoms with Crippen LogP contribution in [0, 0.1) is 0 Å². The minimum Gasteiger partial charge on any atom is -0.466 e. The Hall–Kier alpha value is -0.760. The van der Waals surface area contributed by atoms with Gasteiger partial charge in [0.05, 0.1) is 0 Å². The lowest BCUT2D eigenvalue weighted by Crippen LogP contribution is -2.15. The second-order valence-electron chi connectivity index (χ2n) is 2.83. The first kappa shape index (κ1) is 9.33. The number of hydrogen-bond acceptors (Lipinski definition) is 2. The molecule has 0 aliphatic heterocycles. The van der Waals surface area contributed by atoms with Crippen molar-refractivity contribution in [1.29, 1.82) is 0 Å². The maximum absolute atomic E-state index is 5.54. The van der Waals surface area contributed by atoms with E-state index in [9.17, 15) is 0 Å². The van der Waals surface area contributed by atoms with Crippen molar-refractivity contribution < 1.29 is 4.42 Å². The maximum atomic E-state index is 5.54. The standard InChI is InChI=1S/C10H17NO/c1-3-9-5-6-10(12-9)7-8-11-4-2/h5-6,11H,3-4,7-8H2,1-2H3. The molecule has 0 aliphatic rings. The van der Waals surface area contributed by atoms with Gasteiger partial charge < -0.3 is 9.73 Å². The second-order valence-corrected chi connectivity index (χ2v) is 2.83. The highest BCUT2D eigenvalue weighted by molar-refractivity contribution is 5.07. The molecule has 0 bridgehead atoms. The number of hydrogen-bond donors (Lipinski definition) is 1. The van der Waals surface area contributed by atoms with Gasteiger partial charge in [0.2, 0.25) is 0 Å². The number of furan rings is 1. The van der Waals surface area contributed by atoms with Crippen LogP contribution in [0.4, 0.5) is 0 Å². The van der Waals surface area contributed by atoms with Crippen LogP contribution < -0.4 is 5.32 Å². The third-order valence-electron chi connectivity index (χ3n) is 1.86. The lowest BCUT2D eigenvalue weighted by Gasteiger charge is -1.97. The van der Waals surface area contributed by atoms with Crippen LogP contribution in [0.3, 0.4) is 0 Å². The molecular formula is C10H17NO. The second kappa shape index (κ2) is 4.99. The van der Waals surface area contributed by atoms with Gasteiger partial charge in [-0.3, -0.25) is 0 Å². The van der Waals surface area contributed by atoms with E-state index in [4.69, 9.17) is 4.42 Å². The zero-order valence-electron chi connectivity index (χ0n) is 7.89. The highest BCUT2D eigenvalue weighted by Gasteiger charge is 1.98. The number of aryl methyl sites for hydroxylation is 1. The van der Waals surface area contributed by atoms with Crippen LogP contribution >= 0.6 is 0 Å². The van der Waals surface area contributed by atoms with Gasteiger partial charge in [0, 0.05) is 19.4 Å². The van der Waals surface area contributed by atoms with E-state index in [1.165, 1.54) is 0 Å². The molecule has 2 nitrogen and oxygen atoms in total. The van der Waals surface area contributed by atoms with E-state index in [1.807, 2.05) is 0 Å². The van der Waals surface area contributed by atoms with Gasteiger partial charge in [0.15, 0.2) is 0 Å². The van der Waals surface area contributed by atoms with E-state index in [0.717, 1.165) is 37.5 Å². The summed E-state index contributed by atoms with van der Waals surface area (Å²) in [5.41, 5.74) is 0. The van der Waals surface area contributed by atoms with Crippen molar-refractivity contribution in [1.82, 2.24) is 5.32 Å². The van der Waals surface area contributed by atoms with Crippen molar-refractivity contribution in [2.75, 3.05) is 13.1 Å². The quantitative estimate of drug-likeness (QED) is 0.678. The summed E-state index contributed by atoms with van der Waals surface area (Å²) in [6, 6.07) is 4.12. The molecule has 1 N–H and O–H groups in total. The summed E-state index contributed by atoms with van der Waals surface area (Å²) in [6.45, 7) is 6.25. The minimum absolute atomic E-state index is 0.987. The smallest absolute Gasteiger partial charge is 0.105 e. The molecular weight excluding hydrogens is 150 g/mol. The molecule has 12 heavy (non-hydrogen) atoms. The molecule has 1 aromatic heterocycles. The summed E-state index contributed by atoms with van der Waals surface area (Å²) in [7, 11) is 0. The van der Waals surface area contributed by atoms with Crippen LogP contribution in [0.25, 0.3) is 0 Å². The van der Waals surface area contributed by atoms with Gasteiger partial charge in [-0.2, -0.15) is 0 Å². The molecule has 0 radical (unpaired) electrons. The van der Waals surface area contributed by atoms with Crippen LogP contribution in [0.2, 0.25) is 0 Å². The van der Waals surface area contributed by atoms with E-state index in [-0.39, 0.29) is 0 Å². The average molecular weight is 167 g/mol. The fourth-order valence-electron chi connectivity index (χ4n) is 1.14. The summed E-state index contributed by atoms with van der Waals surface area (Å²) in [6.07, 6.45) is 1.98. The van der Waals surface area contributed by atoms with E-state index in [0.29, 0.717) is 0 Å². The van der Waals surface area contributed by atoms with Crippen LogP contribution in [-0.2, 0) is 12.8 Å². The highest BCUT2D eigenvalue weighted by atomic mass is 16.3. The predicted molar refractivity (Wildman–Crippen MR) is 50.3 cm³/mol. The van der Waals surface area contributed by atoms with Gasteiger partial charge in [-0.05, 0) is 18.7 Å². The largest absolute Gasteiger partial charge is 0.466 e. The zero-order chi connectivity index (χ0) is 8.81. The van der Waals surface area contributed by atoms with E-state index < -0.39 is 0 Å². The molecule has 0 aliphatic carbocycles. The Morgan fingerprint density at radius 3 is 2.58 bits per heavy atom. The van der Waals surface area contributed by atoms with E-state index >= 15 is 0 Å². The van der Waals surface area contributed by atoms with Crippen LogP contribution in [0.1, 0.15) is 25.4 Å². The van der Waals surface area contributed by atoms with Gasteiger partial charge >= 0.3 is 0 Å². The van der Waals surface area contributed by atoms with Crippen molar-refractivity contribution in [3.05, 3.63) is 23.7 Å². The Labute approximate surface area is 74.0 Å². The van der Waals surface area contributed by atoms with Gasteiger partial charge in [-0.25, -0.2) is 0 Å². The number of likely N-dealkylation sites (N-methyl/N-ethyl adjacent to an activating group) is 1. The summed E-state index contributed by atoms with van der Waals surface area (Å²) in [4.78, 5) is 0. The van der Waals surface area contributed by atoms with Crippen molar-refractivity contribution in [2.45, 2.75) is 26.7 Å². The number of nitrogens with one attached hydrogen (secondary N) is 1. The van der Waals surface area contributed by atoms with Crippen LogP contribution in [0.5, 0.6) is 0 Å². The minimum atomic E-state index is 0.987. The Morgan fingerprint density at radius 1 is 1.25 bits per heavy atom. The van der Waals surface area contributed by atoms with Crippen molar-refractivity contribution in [3.63, 3.8) is 0 Å². The van der Waals surface area contributed by atoms with Gasteiger partial charge in [0.25, 0.3) is 0 Å². The molecule has 1 rings (SSSR count). The summed E-state index contributed by atoms with van der Waals surface area (Å²) in [5, 5.41) is 3.26. The molecule has 0 atom stereocenters. The molecule has 1 aromatic rings. The molecule has 0 saturated carbocycles. The third kappa shape index (κ3) is 2.70. The number of rotatable bonds is 5. The highest BCUT2D eigenvalue weighted by Crippen LogP contribution is 2.08. The lowest BCUT2D eigenvalue weighted by molar-refractivity contribution is 0.464. The molecule has 0 unspecified atom stereocenters. The molecule has 2 heteroatoms. The topological polar surface area (TPSA) is 25.2 Å². The first-order valence-electron chi connectivity index (χ1n) is 4.65. The van der Waals surface area contributed by atoms with E-state index in [1.54, 1.807) is 0 Å². The SMILES string of the molecule is CCNCCc1ccc(CC)o1. The summed E-state index contributed by atoms with van der Waals surface area (Å²) in [5.74, 6) is 2.18. The first-order valence-corrected chi connectivity index (χ1v) is 4.65. The Balaban J connectivity index is 2.31. The van der Waals surface area contributed by atoms with Crippen LogP contribution in [0.15, 0.2) is 16.5 Å². The van der Waals surface area contributed by atoms with Gasteiger partial charge in [-0.15, -0.1) is 0 Å². The lowest BCUT2D eigenvalue weighted by atomic mass is 10.3. The molecule has 0 spiro atoms. The van der Waals surface area contributed by atoms with Crippen molar-refractivity contribution in [3.8, 4) is 0 Å². The maximum Gasteiger partial charge on any atom is 0.105 e. The molecule has 0 aromatic carbocycles. The first-order chi connectivity index (χ1) is 5.86. The zero-order valence-corrected chi connectivity index (χ0v) is 7.89. The molecule has 0 amide bonds. The fraction of sp³-hybridized carbons (Fsp3) is 0.600. The van der Waals surface area contributed by atoms with Gasteiger partial charge in [-0.1, -0.05) is 13.8 Å². The Kier molecular flexibility index (Phi) is 3.88. The monoisotopic (exact) mass is 167 g/mol. The fourth-order valence-corrected chi connectivity index (χ4v) is 1.14. The molecule has 0 saturated heterocycles.